The molecule has 7 atom stereocenters. The van der Waals surface area contributed by atoms with Gasteiger partial charge in [0.2, 0.25) is 0 Å². The minimum atomic E-state index is 0.0261. The Balaban J connectivity index is 1.56. The maximum absolute atomic E-state index is 9.94. The molecule has 4 aliphatic carbocycles. The lowest BCUT2D eigenvalue weighted by atomic mass is 9.50. The van der Waals surface area contributed by atoms with Crippen molar-refractivity contribution in [3.8, 4) is 0 Å². The van der Waals surface area contributed by atoms with Crippen LogP contribution < -0.4 is 0 Å². The standard InChI is InChI=1S/C18H30O/c1-18-9-2-3-17(18)16-6-4-12-11-13(19)5-7-14(12)15(16)8-10-18/h12-17,19H,2-11H2,1H3/t12?,13-,14+,15-,16-,17+,18+/m1/s1. The Morgan fingerprint density at radius 1 is 0.842 bits per heavy atom. The number of hydrogen-bond donors (Lipinski definition) is 1. The maximum Gasteiger partial charge on any atom is 0.0543 e. The summed E-state index contributed by atoms with van der Waals surface area (Å²) in [5, 5.41) is 9.94. The molecule has 0 saturated heterocycles. The molecule has 1 N–H and O–H groups in total. The van der Waals surface area contributed by atoms with Crippen molar-refractivity contribution in [2.75, 3.05) is 0 Å². The third-order valence-corrected chi connectivity index (χ3v) is 7.71. The van der Waals surface area contributed by atoms with E-state index in [0.29, 0.717) is 5.41 Å². The Morgan fingerprint density at radius 2 is 1.68 bits per heavy atom. The highest BCUT2D eigenvalue weighted by molar-refractivity contribution is 5.03. The van der Waals surface area contributed by atoms with Gasteiger partial charge in [0.15, 0.2) is 0 Å². The van der Waals surface area contributed by atoms with Crippen molar-refractivity contribution in [2.45, 2.75) is 77.2 Å². The summed E-state index contributed by atoms with van der Waals surface area (Å²) in [6, 6.07) is 0. The van der Waals surface area contributed by atoms with Crippen LogP contribution in [0, 0.1) is 35.0 Å². The van der Waals surface area contributed by atoms with E-state index in [1.165, 1.54) is 51.4 Å². The fourth-order valence-corrected chi connectivity index (χ4v) is 6.82. The molecular weight excluding hydrogens is 232 g/mol. The van der Waals surface area contributed by atoms with E-state index in [-0.39, 0.29) is 6.10 Å². The molecule has 4 fully saturated rings. The van der Waals surface area contributed by atoms with Crippen molar-refractivity contribution < 1.29 is 5.11 Å². The van der Waals surface area contributed by atoms with Crippen molar-refractivity contribution in [3.63, 3.8) is 0 Å². The quantitative estimate of drug-likeness (QED) is 0.686. The summed E-state index contributed by atoms with van der Waals surface area (Å²) >= 11 is 0. The van der Waals surface area contributed by atoms with Crippen LogP contribution in [0.1, 0.15) is 71.1 Å². The smallest absolute Gasteiger partial charge is 0.0543 e. The van der Waals surface area contributed by atoms with Gasteiger partial charge in [0.25, 0.3) is 0 Å². The van der Waals surface area contributed by atoms with E-state index < -0.39 is 0 Å². The predicted molar refractivity (Wildman–Crippen MR) is 77.7 cm³/mol. The van der Waals surface area contributed by atoms with Gasteiger partial charge in [-0.2, -0.15) is 0 Å². The second-order valence-electron chi connectivity index (χ2n) is 8.49. The van der Waals surface area contributed by atoms with Crippen LogP contribution in [-0.2, 0) is 0 Å². The molecule has 0 radical (unpaired) electrons. The number of rotatable bonds is 0. The van der Waals surface area contributed by atoms with Gasteiger partial charge in [-0.05, 0) is 92.8 Å². The average molecular weight is 262 g/mol. The third kappa shape index (κ3) is 1.91. The van der Waals surface area contributed by atoms with E-state index in [0.717, 1.165) is 42.4 Å². The average Bonchev–Trinajstić information content (AvgIpc) is 2.79. The molecular formula is C18H30O. The predicted octanol–water partition coefficient (Wildman–Crippen LogP) is 4.39. The molecule has 4 saturated carbocycles. The molecule has 108 valence electrons. The lowest BCUT2D eigenvalue weighted by molar-refractivity contribution is -0.0675. The number of fused-ring (bicyclic) bond motifs is 5. The Morgan fingerprint density at radius 3 is 2.58 bits per heavy atom. The Hall–Kier alpha value is -0.0400. The number of aliphatic hydroxyl groups excluding tert-OH is 1. The first-order valence-electron chi connectivity index (χ1n) is 8.85. The summed E-state index contributed by atoms with van der Waals surface area (Å²) < 4.78 is 0. The van der Waals surface area contributed by atoms with Crippen LogP contribution in [0.15, 0.2) is 0 Å². The van der Waals surface area contributed by atoms with Crippen LogP contribution in [0.2, 0.25) is 0 Å². The molecule has 4 aliphatic rings. The van der Waals surface area contributed by atoms with Gasteiger partial charge >= 0.3 is 0 Å². The Bertz CT molecular complexity index is 352. The lowest BCUT2D eigenvalue weighted by Crippen LogP contribution is -2.47. The van der Waals surface area contributed by atoms with Gasteiger partial charge < -0.3 is 5.11 Å². The minimum Gasteiger partial charge on any atom is -0.393 e. The normalized spacial score (nSPS) is 57.2. The fraction of sp³-hybridized carbons (Fsp3) is 1.00. The van der Waals surface area contributed by atoms with Crippen LogP contribution in [-0.4, -0.2) is 11.2 Å². The summed E-state index contributed by atoms with van der Waals surface area (Å²) in [6.07, 6.45) is 14.0. The van der Waals surface area contributed by atoms with Crippen molar-refractivity contribution in [3.05, 3.63) is 0 Å². The van der Waals surface area contributed by atoms with Gasteiger partial charge in [0, 0.05) is 0 Å². The van der Waals surface area contributed by atoms with Crippen LogP contribution >= 0.6 is 0 Å². The van der Waals surface area contributed by atoms with Crippen molar-refractivity contribution >= 4 is 0 Å². The van der Waals surface area contributed by atoms with E-state index in [4.69, 9.17) is 0 Å². The molecule has 0 bridgehead atoms. The highest BCUT2D eigenvalue weighted by Gasteiger charge is 2.53. The van der Waals surface area contributed by atoms with Gasteiger partial charge in [0.05, 0.1) is 6.10 Å². The molecule has 0 aromatic carbocycles. The van der Waals surface area contributed by atoms with Crippen molar-refractivity contribution in [1.82, 2.24) is 0 Å². The molecule has 19 heavy (non-hydrogen) atoms. The Kier molecular flexibility index (Phi) is 2.99. The second-order valence-corrected chi connectivity index (χ2v) is 8.49. The monoisotopic (exact) mass is 262 g/mol. The molecule has 0 heterocycles. The largest absolute Gasteiger partial charge is 0.393 e. The van der Waals surface area contributed by atoms with Crippen LogP contribution in [0.25, 0.3) is 0 Å². The molecule has 1 unspecified atom stereocenters. The molecule has 0 amide bonds. The number of aliphatic hydroxyl groups is 1. The third-order valence-electron chi connectivity index (χ3n) is 7.71. The first kappa shape index (κ1) is 12.7. The van der Waals surface area contributed by atoms with Crippen molar-refractivity contribution in [2.24, 2.45) is 35.0 Å². The highest BCUT2D eigenvalue weighted by Crippen LogP contribution is 2.62. The van der Waals surface area contributed by atoms with E-state index >= 15 is 0 Å². The van der Waals surface area contributed by atoms with Gasteiger partial charge in [-0.1, -0.05) is 13.3 Å². The zero-order valence-corrected chi connectivity index (χ0v) is 12.5. The van der Waals surface area contributed by atoms with Crippen LogP contribution in [0.5, 0.6) is 0 Å². The first-order valence-corrected chi connectivity index (χ1v) is 8.85. The van der Waals surface area contributed by atoms with E-state index in [9.17, 15) is 5.11 Å². The SMILES string of the molecule is C[C@@]12CCC[C@H]1[C@@H]1CCC3C[C@H](O)CC[C@@H]3[C@H]1CC2. The van der Waals surface area contributed by atoms with Crippen molar-refractivity contribution in [1.29, 1.82) is 0 Å². The molecule has 1 nitrogen and oxygen atoms in total. The summed E-state index contributed by atoms with van der Waals surface area (Å²) in [4.78, 5) is 0. The van der Waals surface area contributed by atoms with Crippen LogP contribution in [0.3, 0.4) is 0 Å². The molecule has 1 heteroatoms. The van der Waals surface area contributed by atoms with E-state index in [1.54, 1.807) is 0 Å². The Labute approximate surface area is 118 Å². The van der Waals surface area contributed by atoms with Gasteiger partial charge in [-0.15, -0.1) is 0 Å². The second kappa shape index (κ2) is 4.48. The number of hydrogen-bond acceptors (Lipinski definition) is 1. The fourth-order valence-electron chi connectivity index (χ4n) is 6.82. The molecule has 0 aromatic heterocycles. The summed E-state index contributed by atoms with van der Waals surface area (Å²) in [6.45, 7) is 2.59. The molecule has 0 aromatic rings. The summed E-state index contributed by atoms with van der Waals surface area (Å²) in [5.41, 5.74) is 0.711. The molecule has 4 rings (SSSR count). The van der Waals surface area contributed by atoms with Gasteiger partial charge in [-0.3, -0.25) is 0 Å². The minimum absolute atomic E-state index is 0.0261. The molecule has 0 aliphatic heterocycles. The van der Waals surface area contributed by atoms with Gasteiger partial charge in [-0.25, -0.2) is 0 Å². The summed E-state index contributed by atoms with van der Waals surface area (Å²) in [7, 11) is 0. The highest BCUT2D eigenvalue weighted by atomic mass is 16.3. The summed E-state index contributed by atoms with van der Waals surface area (Å²) in [5.74, 6) is 4.99. The topological polar surface area (TPSA) is 20.2 Å². The zero-order valence-electron chi connectivity index (χ0n) is 12.5. The van der Waals surface area contributed by atoms with E-state index in [1.807, 2.05) is 0 Å². The van der Waals surface area contributed by atoms with Crippen LogP contribution in [0.4, 0.5) is 0 Å². The first-order chi connectivity index (χ1) is 9.17. The lowest BCUT2D eigenvalue weighted by Gasteiger charge is -2.55. The maximum atomic E-state index is 9.94. The zero-order chi connectivity index (χ0) is 13.0. The van der Waals surface area contributed by atoms with Gasteiger partial charge in [0.1, 0.15) is 0 Å². The molecule has 0 spiro atoms. The van der Waals surface area contributed by atoms with E-state index in [2.05, 4.69) is 6.92 Å².